The number of hydrogen-bond donors (Lipinski definition) is 0. The summed E-state index contributed by atoms with van der Waals surface area (Å²) in [7, 11) is 0. The fraction of sp³-hybridized carbons (Fsp3) is 0.375. The minimum Gasteiger partial charge on any atom is -0.461 e. The van der Waals surface area contributed by atoms with Crippen LogP contribution < -0.4 is 0 Å². The number of carbonyl (C=O) groups excluding carboxylic acids is 2. The summed E-state index contributed by atoms with van der Waals surface area (Å²) < 4.78 is 24.5. The number of ether oxygens (including phenoxy) is 2. The lowest BCUT2D eigenvalue weighted by Gasteiger charge is -2.32. The molecule has 0 saturated carbocycles. The van der Waals surface area contributed by atoms with E-state index in [0.29, 0.717) is 5.56 Å². The molecule has 0 saturated heterocycles. The van der Waals surface area contributed by atoms with Crippen molar-refractivity contribution in [3.63, 3.8) is 0 Å². The van der Waals surface area contributed by atoms with E-state index in [1.165, 1.54) is 44.2 Å². The van der Waals surface area contributed by atoms with Crippen LogP contribution in [0.5, 0.6) is 0 Å². The Morgan fingerprint density at radius 2 is 2.04 bits per heavy atom. The zero-order valence-electron chi connectivity index (χ0n) is 13.2. The lowest BCUT2D eigenvalue weighted by atomic mass is 9.89. The molecule has 1 aromatic rings. The van der Waals surface area contributed by atoms with Gasteiger partial charge in [-0.1, -0.05) is 12.1 Å². The predicted octanol–water partition coefficient (Wildman–Crippen LogP) is 2.80. The number of nitro benzene ring substituents is 1. The summed E-state index contributed by atoms with van der Waals surface area (Å²) in [6.45, 7) is 2.68. The fourth-order valence-electron chi connectivity index (χ4n) is 2.38. The standard InChI is InChI=1S/C16H16FNO6/c1-3-23-15(20)16(17)9-12(8-14(24-16)10(2)19)11-4-6-13(7-5-11)18(21)22/h4-8,12H,3,9H2,1-2H3. The van der Waals surface area contributed by atoms with E-state index in [9.17, 15) is 24.1 Å². The molecule has 7 nitrogen and oxygen atoms in total. The van der Waals surface area contributed by atoms with Crippen LogP contribution in [0.25, 0.3) is 0 Å². The second kappa shape index (κ2) is 6.77. The lowest BCUT2D eigenvalue weighted by Crippen LogP contribution is -2.42. The molecule has 8 heteroatoms. The smallest absolute Gasteiger partial charge is 0.384 e. The average molecular weight is 337 g/mol. The van der Waals surface area contributed by atoms with Gasteiger partial charge in [-0.3, -0.25) is 14.9 Å². The first-order valence-corrected chi connectivity index (χ1v) is 7.29. The molecule has 1 aliphatic heterocycles. The Hall–Kier alpha value is -2.77. The van der Waals surface area contributed by atoms with Crippen LogP contribution in [-0.2, 0) is 19.1 Å². The van der Waals surface area contributed by atoms with Crippen molar-refractivity contribution in [2.24, 2.45) is 0 Å². The number of esters is 1. The second-order valence-corrected chi connectivity index (χ2v) is 5.30. The van der Waals surface area contributed by atoms with Crippen LogP contribution in [-0.4, -0.2) is 29.1 Å². The number of ketones is 1. The zero-order valence-corrected chi connectivity index (χ0v) is 13.2. The molecule has 0 amide bonds. The van der Waals surface area contributed by atoms with Gasteiger partial charge in [0.15, 0.2) is 11.5 Å². The number of halogens is 1. The van der Waals surface area contributed by atoms with Gasteiger partial charge in [0.05, 0.1) is 11.5 Å². The molecule has 0 aromatic heterocycles. The third-order valence-electron chi connectivity index (χ3n) is 3.57. The lowest BCUT2D eigenvalue weighted by molar-refractivity contribution is -0.384. The van der Waals surface area contributed by atoms with Crippen LogP contribution in [0, 0.1) is 10.1 Å². The quantitative estimate of drug-likeness (QED) is 0.466. The third kappa shape index (κ3) is 3.58. The van der Waals surface area contributed by atoms with Gasteiger partial charge in [0, 0.05) is 31.4 Å². The van der Waals surface area contributed by atoms with Crippen molar-refractivity contribution in [3.05, 3.63) is 51.8 Å². The minimum absolute atomic E-state index is 0.0326. The van der Waals surface area contributed by atoms with Crippen LogP contribution in [0.2, 0.25) is 0 Å². The van der Waals surface area contributed by atoms with E-state index >= 15 is 0 Å². The van der Waals surface area contributed by atoms with Crippen molar-refractivity contribution >= 4 is 17.4 Å². The topological polar surface area (TPSA) is 95.7 Å². The Balaban J connectivity index is 2.37. The molecule has 128 valence electrons. The monoisotopic (exact) mass is 337 g/mol. The van der Waals surface area contributed by atoms with Crippen LogP contribution in [0.4, 0.5) is 10.1 Å². The number of nitro groups is 1. The van der Waals surface area contributed by atoms with E-state index in [1.54, 1.807) is 0 Å². The number of allylic oxidation sites excluding steroid dienone is 2. The molecule has 0 fully saturated rings. The Kier molecular flexibility index (Phi) is 4.96. The fourth-order valence-corrected chi connectivity index (χ4v) is 2.38. The number of alkyl halides is 1. The maximum Gasteiger partial charge on any atom is 0.384 e. The summed E-state index contributed by atoms with van der Waals surface area (Å²) >= 11 is 0. The number of Topliss-reactive ketones (excluding diaryl/α,β-unsaturated/α-hetero) is 1. The van der Waals surface area contributed by atoms with Crippen LogP contribution in [0.1, 0.15) is 31.7 Å². The number of non-ortho nitro benzene ring substituents is 1. The number of hydrogen-bond acceptors (Lipinski definition) is 6. The molecule has 2 rings (SSSR count). The Morgan fingerprint density at radius 1 is 1.42 bits per heavy atom. The summed E-state index contributed by atoms with van der Waals surface area (Å²) in [5.41, 5.74) is 0.410. The van der Waals surface area contributed by atoms with Crippen molar-refractivity contribution < 1.29 is 28.4 Å². The normalized spacial score (nSPS) is 23.0. The number of benzene rings is 1. The molecule has 0 radical (unpaired) electrons. The molecule has 0 aliphatic carbocycles. The van der Waals surface area contributed by atoms with Crippen molar-refractivity contribution in [2.45, 2.75) is 32.0 Å². The summed E-state index contributed by atoms with van der Waals surface area (Å²) in [5, 5.41) is 10.7. The largest absolute Gasteiger partial charge is 0.461 e. The molecular weight excluding hydrogens is 321 g/mol. The first-order valence-electron chi connectivity index (χ1n) is 7.29. The summed E-state index contributed by atoms with van der Waals surface area (Å²) in [5.74, 6) is -5.46. The SMILES string of the molecule is CCOC(=O)C1(F)CC(c2ccc([N+](=O)[O-])cc2)C=C(C(C)=O)O1. The van der Waals surface area contributed by atoms with Gasteiger partial charge >= 0.3 is 11.8 Å². The second-order valence-electron chi connectivity index (χ2n) is 5.30. The van der Waals surface area contributed by atoms with Crippen LogP contribution >= 0.6 is 0 Å². The maximum atomic E-state index is 14.9. The van der Waals surface area contributed by atoms with Crippen molar-refractivity contribution in [2.75, 3.05) is 6.61 Å². The molecule has 1 heterocycles. The van der Waals surface area contributed by atoms with E-state index in [2.05, 4.69) is 4.74 Å². The highest BCUT2D eigenvalue weighted by atomic mass is 19.2. The highest BCUT2D eigenvalue weighted by Gasteiger charge is 2.48. The van der Waals surface area contributed by atoms with Crippen LogP contribution in [0.15, 0.2) is 36.1 Å². The molecule has 0 spiro atoms. The van der Waals surface area contributed by atoms with E-state index in [1.807, 2.05) is 0 Å². The highest BCUT2D eigenvalue weighted by molar-refractivity contribution is 5.92. The molecule has 2 unspecified atom stereocenters. The van der Waals surface area contributed by atoms with Gasteiger partial charge in [-0.25, -0.2) is 4.79 Å². The van der Waals surface area contributed by atoms with Gasteiger partial charge in [-0.15, -0.1) is 0 Å². The number of rotatable bonds is 5. The highest BCUT2D eigenvalue weighted by Crippen LogP contribution is 2.39. The van der Waals surface area contributed by atoms with Crippen molar-refractivity contribution in [3.8, 4) is 0 Å². The molecule has 1 aromatic carbocycles. The first-order chi connectivity index (χ1) is 11.3. The van der Waals surface area contributed by atoms with E-state index in [-0.39, 0.29) is 24.5 Å². The van der Waals surface area contributed by atoms with Gasteiger partial charge in [0.2, 0.25) is 0 Å². The molecular formula is C16H16FNO6. The van der Waals surface area contributed by atoms with Crippen LogP contribution in [0.3, 0.4) is 0 Å². The maximum absolute atomic E-state index is 14.9. The van der Waals surface area contributed by atoms with E-state index in [4.69, 9.17) is 4.74 Å². The van der Waals surface area contributed by atoms with Crippen molar-refractivity contribution in [1.82, 2.24) is 0 Å². The van der Waals surface area contributed by atoms with E-state index in [0.717, 1.165) is 0 Å². The Morgan fingerprint density at radius 3 is 2.54 bits per heavy atom. The summed E-state index contributed by atoms with van der Waals surface area (Å²) in [6, 6.07) is 5.45. The van der Waals surface area contributed by atoms with Crippen molar-refractivity contribution in [1.29, 1.82) is 0 Å². The Bertz CT molecular complexity index is 699. The van der Waals surface area contributed by atoms with Gasteiger partial charge in [-0.05, 0) is 18.6 Å². The Labute approximate surface area is 137 Å². The molecule has 2 atom stereocenters. The van der Waals surface area contributed by atoms with Gasteiger partial charge in [0.25, 0.3) is 5.69 Å². The number of nitrogens with zero attached hydrogens (tertiary/aromatic N) is 1. The summed E-state index contributed by atoms with van der Waals surface area (Å²) in [6.07, 6.45) is 1.01. The van der Waals surface area contributed by atoms with E-state index < -0.39 is 28.4 Å². The van der Waals surface area contributed by atoms with Gasteiger partial charge < -0.3 is 9.47 Å². The predicted molar refractivity (Wildman–Crippen MR) is 80.8 cm³/mol. The third-order valence-corrected chi connectivity index (χ3v) is 3.57. The minimum atomic E-state index is -2.78. The molecule has 0 bridgehead atoms. The average Bonchev–Trinajstić information content (AvgIpc) is 2.54. The number of carbonyl (C=O) groups is 2. The zero-order chi connectivity index (χ0) is 17.9. The molecule has 1 aliphatic rings. The van der Waals surface area contributed by atoms with Gasteiger partial charge in [0.1, 0.15) is 0 Å². The van der Waals surface area contributed by atoms with Gasteiger partial charge in [-0.2, -0.15) is 4.39 Å². The first kappa shape index (κ1) is 17.6. The molecule has 24 heavy (non-hydrogen) atoms. The molecule has 0 N–H and O–H groups in total. The summed E-state index contributed by atoms with van der Waals surface area (Å²) in [4.78, 5) is 33.6.